The molecule has 9 heteroatoms. The van der Waals surface area contributed by atoms with Gasteiger partial charge >= 0.3 is 0 Å². The summed E-state index contributed by atoms with van der Waals surface area (Å²) in [6.07, 6.45) is 1.18. The lowest BCUT2D eigenvalue weighted by molar-refractivity contribution is 0.102. The number of amides is 1. The maximum Gasteiger partial charge on any atom is 0.274 e. The van der Waals surface area contributed by atoms with Gasteiger partial charge in [-0.25, -0.2) is 23.1 Å². The Bertz CT molecular complexity index is 739. The van der Waals surface area contributed by atoms with Crippen LogP contribution in [0.4, 0.5) is 24.7 Å². The zero-order valence-electron chi connectivity index (χ0n) is 13.1. The number of aromatic nitrogens is 2. The van der Waals surface area contributed by atoms with E-state index in [0.717, 1.165) is 18.7 Å². The molecule has 0 atom stereocenters. The smallest absolute Gasteiger partial charge is 0.274 e. The highest BCUT2D eigenvalue weighted by Crippen LogP contribution is 2.20. The molecule has 1 heterocycles. The van der Waals surface area contributed by atoms with Crippen molar-refractivity contribution in [1.29, 1.82) is 0 Å². The van der Waals surface area contributed by atoms with Gasteiger partial charge in [0.1, 0.15) is 17.8 Å². The maximum atomic E-state index is 13.6. The normalized spacial score (nSPS) is 10.8. The van der Waals surface area contributed by atoms with E-state index in [1.165, 1.54) is 12.4 Å². The van der Waals surface area contributed by atoms with Crippen LogP contribution in [0.1, 0.15) is 10.5 Å². The minimum absolute atomic E-state index is 0.0403. The van der Waals surface area contributed by atoms with Gasteiger partial charge in [-0.3, -0.25) is 4.79 Å². The van der Waals surface area contributed by atoms with Crippen molar-refractivity contribution in [2.45, 2.75) is 0 Å². The summed E-state index contributed by atoms with van der Waals surface area (Å²) in [6, 6.07) is 3.04. The van der Waals surface area contributed by atoms with Gasteiger partial charge in [0, 0.05) is 19.2 Å². The monoisotopic (exact) mass is 339 g/mol. The van der Waals surface area contributed by atoms with Crippen LogP contribution in [0.3, 0.4) is 0 Å². The second-order valence-corrected chi connectivity index (χ2v) is 5.20. The summed E-state index contributed by atoms with van der Waals surface area (Å²) in [5, 5.41) is 5.16. The molecule has 2 N–H and O–H groups in total. The predicted molar refractivity (Wildman–Crippen MR) is 83.3 cm³/mol. The predicted octanol–water partition coefficient (Wildman–Crippen LogP) is 2.12. The third-order valence-electron chi connectivity index (χ3n) is 3.05. The highest BCUT2D eigenvalue weighted by Gasteiger charge is 2.17. The van der Waals surface area contributed by atoms with Gasteiger partial charge in [-0.15, -0.1) is 0 Å². The molecule has 1 aromatic carbocycles. The Morgan fingerprint density at radius 3 is 2.62 bits per heavy atom. The molecule has 0 aliphatic rings. The highest BCUT2D eigenvalue weighted by atomic mass is 19.2. The molecule has 0 spiro atoms. The summed E-state index contributed by atoms with van der Waals surface area (Å²) in [5.41, 5.74) is -0.513. The van der Waals surface area contributed by atoms with Crippen LogP contribution < -0.4 is 10.6 Å². The number of nitrogens with zero attached hydrogens (tertiary/aromatic N) is 3. The van der Waals surface area contributed by atoms with Gasteiger partial charge in [0.2, 0.25) is 0 Å². The molecule has 0 saturated carbocycles. The van der Waals surface area contributed by atoms with Crippen molar-refractivity contribution in [3.8, 4) is 0 Å². The Kier molecular flexibility index (Phi) is 5.69. The number of likely N-dealkylation sites (N-methyl/N-ethyl adjacent to an activating group) is 1. The summed E-state index contributed by atoms with van der Waals surface area (Å²) in [5.74, 6) is -4.80. The van der Waals surface area contributed by atoms with Crippen LogP contribution in [0, 0.1) is 17.5 Å². The fourth-order valence-corrected chi connectivity index (χ4v) is 1.79. The number of carbonyl (C=O) groups is 1. The van der Waals surface area contributed by atoms with Crippen LogP contribution >= 0.6 is 0 Å². The van der Waals surface area contributed by atoms with Crippen LogP contribution in [-0.4, -0.2) is 48.0 Å². The van der Waals surface area contributed by atoms with Crippen molar-refractivity contribution in [2.24, 2.45) is 0 Å². The Hall–Kier alpha value is -2.68. The molecule has 0 bridgehead atoms. The number of halogens is 3. The topological polar surface area (TPSA) is 70.2 Å². The number of hydrogen-bond donors (Lipinski definition) is 2. The lowest BCUT2D eigenvalue weighted by Crippen LogP contribution is -2.21. The molecule has 0 aliphatic carbocycles. The molecule has 0 radical (unpaired) electrons. The minimum atomic E-state index is -1.65. The molecular weight excluding hydrogens is 323 g/mol. The lowest BCUT2D eigenvalue weighted by atomic mass is 10.2. The van der Waals surface area contributed by atoms with Gasteiger partial charge in [-0.2, -0.15) is 0 Å². The molecule has 0 unspecified atom stereocenters. The highest BCUT2D eigenvalue weighted by molar-refractivity contribution is 6.03. The molecule has 1 amide bonds. The van der Waals surface area contributed by atoms with Crippen LogP contribution in [0.5, 0.6) is 0 Å². The second kappa shape index (κ2) is 7.73. The average Bonchev–Trinajstić information content (AvgIpc) is 2.55. The number of rotatable bonds is 6. The molecule has 24 heavy (non-hydrogen) atoms. The van der Waals surface area contributed by atoms with E-state index in [1.54, 1.807) is 0 Å². The first-order valence-corrected chi connectivity index (χ1v) is 7.04. The second-order valence-electron chi connectivity index (χ2n) is 5.20. The van der Waals surface area contributed by atoms with Crippen molar-refractivity contribution in [3.63, 3.8) is 0 Å². The average molecular weight is 339 g/mol. The van der Waals surface area contributed by atoms with Crippen molar-refractivity contribution in [2.75, 3.05) is 37.8 Å². The molecular formula is C15H16F3N5O. The zero-order chi connectivity index (χ0) is 17.7. The van der Waals surface area contributed by atoms with Crippen LogP contribution in [0.15, 0.2) is 24.5 Å². The Morgan fingerprint density at radius 1 is 1.17 bits per heavy atom. The molecule has 0 fully saturated rings. The van der Waals surface area contributed by atoms with E-state index in [1.807, 2.05) is 19.0 Å². The van der Waals surface area contributed by atoms with Crippen molar-refractivity contribution < 1.29 is 18.0 Å². The SMILES string of the molecule is CN(C)CCNc1cc(C(=O)Nc2ccc(F)c(F)c2F)ncn1. The standard InChI is InChI=1S/C15H16F3N5O/c1-23(2)6-5-19-12-7-11(20-8-21-12)15(24)22-10-4-3-9(16)13(17)14(10)18/h3-4,7-8H,5-6H2,1-2H3,(H,22,24)(H,19,20,21). The molecule has 1 aromatic heterocycles. The van der Waals surface area contributed by atoms with Gasteiger partial charge in [-0.1, -0.05) is 0 Å². The summed E-state index contributed by atoms with van der Waals surface area (Å²) >= 11 is 0. The summed E-state index contributed by atoms with van der Waals surface area (Å²) in [4.78, 5) is 21.8. The maximum absolute atomic E-state index is 13.6. The first-order chi connectivity index (χ1) is 11.4. The van der Waals surface area contributed by atoms with Gasteiger partial charge in [0.15, 0.2) is 17.5 Å². The van der Waals surface area contributed by atoms with E-state index in [2.05, 4.69) is 20.6 Å². The number of nitrogens with one attached hydrogen (secondary N) is 2. The molecule has 6 nitrogen and oxygen atoms in total. The number of carbonyl (C=O) groups excluding carboxylic acids is 1. The number of anilines is 2. The van der Waals surface area contributed by atoms with Gasteiger partial charge in [0.05, 0.1) is 5.69 Å². The van der Waals surface area contributed by atoms with E-state index in [0.29, 0.717) is 12.4 Å². The van der Waals surface area contributed by atoms with Crippen molar-refractivity contribution >= 4 is 17.4 Å². The van der Waals surface area contributed by atoms with Crippen LogP contribution in [0.25, 0.3) is 0 Å². The first kappa shape index (κ1) is 17.7. The molecule has 128 valence electrons. The molecule has 0 aliphatic heterocycles. The first-order valence-electron chi connectivity index (χ1n) is 7.04. The van der Waals surface area contributed by atoms with Crippen LogP contribution in [0.2, 0.25) is 0 Å². The largest absolute Gasteiger partial charge is 0.369 e. The Labute approximate surface area is 136 Å². The summed E-state index contributed by atoms with van der Waals surface area (Å²) in [7, 11) is 3.83. The van der Waals surface area contributed by atoms with Gasteiger partial charge in [0.25, 0.3) is 5.91 Å². The molecule has 2 aromatic rings. The number of benzene rings is 1. The fraction of sp³-hybridized carbons (Fsp3) is 0.267. The Balaban J connectivity index is 2.09. The van der Waals surface area contributed by atoms with Crippen LogP contribution in [-0.2, 0) is 0 Å². The van der Waals surface area contributed by atoms with Crippen molar-refractivity contribution in [1.82, 2.24) is 14.9 Å². The zero-order valence-corrected chi connectivity index (χ0v) is 13.1. The lowest BCUT2D eigenvalue weighted by Gasteiger charge is -2.11. The van der Waals surface area contributed by atoms with E-state index in [4.69, 9.17) is 0 Å². The summed E-state index contributed by atoms with van der Waals surface area (Å²) in [6.45, 7) is 1.36. The van der Waals surface area contributed by atoms with Crippen molar-refractivity contribution in [3.05, 3.63) is 47.7 Å². The Morgan fingerprint density at radius 2 is 1.92 bits per heavy atom. The minimum Gasteiger partial charge on any atom is -0.369 e. The van der Waals surface area contributed by atoms with E-state index >= 15 is 0 Å². The summed E-state index contributed by atoms with van der Waals surface area (Å²) < 4.78 is 39.6. The quantitative estimate of drug-likeness (QED) is 0.789. The van der Waals surface area contributed by atoms with E-state index in [9.17, 15) is 18.0 Å². The number of hydrogen-bond acceptors (Lipinski definition) is 5. The van der Waals surface area contributed by atoms with Gasteiger partial charge < -0.3 is 15.5 Å². The third kappa shape index (κ3) is 4.42. The van der Waals surface area contributed by atoms with Gasteiger partial charge in [-0.05, 0) is 26.2 Å². The molecule has 2 rings (SSSR count). The van der Waals surface area contributed by atoms with E-state index < -0.39 is 29.0 Å². The molecule has 0 saturated heterocycles. The van der Waals surface area contributed by atoms with E-state index in [-0.39, 0.29) is 5.69 Å². The third-order valence-corrected chi connectivity index (χ3v) is 3.05. The fourth-order valence-electron chi connectivity index (χ4n) is 1.79.